The van der Waals surface area contributed by atoms with E-state index < -0.39 is 30.0 Å². The molecule has 1 spiro atoms. The van der Waals surface area contributed by atoms with E-state index in [4.69, 9.17) is 23.7 Å². The van der Waals surface area contributed by atoms with Crippen LogP contribution in [0, 0.1) is 17.2 Å². The smallest absolute Gasteiger partial charge is 0.117 e. The zero-order valence-electron chi connectivity index (χ0n) is 24.2. The molecule has 6 rings (SSSR count). The van der Waals surface area contributed by atoms with Gasteiger partial charge in [0.25, 0.3) is 0 Å². The number of hydrogen-bond acceptors (Lipinski definition) is 6. The van der Waals surface area contributed by atoms with E-state index in [0.717, 1.165) is 22.3 Å². The highest BCUT2D eigenvalue weighted by Crippen LogP contribution is 2.55. The molecular weight excluding hydrogens is 538 g/mol. The highest BCUT2D eigenvalue weighted by atomic mass is 16.6. The summed E-state index contributed by atoms with van der Waals surface area (Å²) >= 11 is 0. The maximum Gasteiger partial charge on any atom is 0.117 e. The summed E-state index contributed by atoms with van der Waals surface area (Å²) in [7, 11) is 0. The largest absolute Gasteiger partial charge is 0.374 e. The van der Waals surface area contributed by atoms with Crippen molar-refractivity contribution in [3.8, 4) is 6.07 Å². The van der Waals surface area contributed by atoms with E-state index in [1.54, 1.807) is 0 Å². The molecule has 1 heterocycles. The van der Waals surface area contributed by atoms with Crippen LogP contribution in [0.2, 0.25) is 0 Å². The molecule has 0 amide bonds. The molecule has 6 atom stereocenters. The highest BCUT2D eigenvalue weighted by molar-refractivity contribution is 5.25. The monoisotopic (exact) mass is 575 g/mol. The van der Waals surface area contributed by atoms with Crippen molar-refractivity contribution < 1.29 is 23.7 Å². The van der Waals surface area contributed by atoms with Gasteiger partial charge < -0.3 is 23.7 Å². The van der Waals surface area contributed by atoms with Gasteiger partial charge in [0.2, 0.25) is 0 Å². The molecule has 43 heavy (non-hydrogen) atoms. The third kappa shape index (κ3) is 7.22. The lowest BCUT2D eigenvalue weighted by Crippen LogP contribution is -2.63. The number of hydrogen-bond donors (Lipinski definition) is 0. The first kappa shape index (κ1) is 29.3. The molecule has 1 saturated carbocycles. The van der Waals surface area contributed by atoms with Crippen molar-refractivity contribution in [2.24, 2.45) is 5.92 Å². The Morgan fingerprint density at radius 3 is 1.51 bits per heavy atom. The van der Waals surface area contributed by atoms with Gasteiger partial charge in [-0.15, -0.1) is 0 Å². The van der Waals surface area contributed by atoms with Gasteiger partial charge in [-0.1, -0.05) is 121 Å². The number of nitrogens with zero attached hydrogens (tertiary/aromatic N) is 1. The maximum atomic E-state index is 10.1. The topological polar surface area (TPSA) is 69.9 Å². The summed E-state index contributed by atoms with van der Waals surface area (Å²) in [6, 6.07) is 42.8. The first-order valence-corrected chi connectivity index (χ1v) is 14.9. The van der Waals surface area contributed by atoms with Crippen molar-refractivity contribution in [3.05, 3.63) is 144 Å². The summed E-state index contributed by atoms with van der Waals surface area (Å²) in [5.74, 6) is -0.303. The van der Waals surface area contributed by atoms with Crippen LogP contribution >= 0.6 is 0 Å². The fourth-order valence-electron chi connectivity index (χ4n) is 5.85. The summed E-state index contributed by atoms with van der Waals surface area (Å²) in [6.45, 7) is 1.89. The van der Waals surface area contributed by atoms with Crippen LogP contribution in [-0.2, 0) is 50.1 Å². The lowest BCUT2D eigenvalue weighted by Gasteiger charge is -2.47. The molecule has 4 aromatic rings. The molecule has 4 aromatic carbocycles. The van der Waals surface area contributed by atoms with Gasteiger partial charge in [-0.05, 0) is 28.7 Å². The minimum absolute atomic E-state index is 0.296. The molecule has 2 unspecified atom stereocenters. The third-order valence-electron chi connectivity index (χ3n) is 8.19. The molecule has 1 saturated heterocycles. The van der Waals surface area contributed by atoms with Crippen molar-refractivity contribution in [1.29, 1.82) is 5.26 Å². The zero-order valence-corrected chi connectivity index (χ0v) is 24.2. The Morgan fingerprint density at radius 2 is 1.05 bits per heavy atom. The van der Waals surface area contributed by atoms with Gasteiger partial charge in [-0.2, -0.15) is 5.26 Å². The summed E-state index contributed by atoms with van der Waals surface area (Å²) < 4.78 is 33.1. The number of rotatable bonds is 13. The first-order valence-electron chi connectivity index (χ1n) is 14.9. The quantitative estimate of drug-likeness (QED) is 0.178. The zero-order chi connectivity index (χ0) is 29.3. The Morgan fingerprint density at radius 1 is 0.605 bits per heavy atom. The molecule has 0 bridgehead atoms. The van der Waals surface area contributed by atoms with Crippen molar-refractivity contribution >= 4 is 0 Å². The Bertz CT molecular complexity index is 1450. The number of ether oxygens (including phenoxy) is 5. The summed E-state index contributed by atoms with van der Waals surface area (Å²) in [4.78, 5) is 0. The lowest BCUT2D eigenvalue weighted by atomic mass is 9.91. The van der Waals surface area contributed by atoms with Crippen LogP contribution in [0.25, 0.3) is 0 Å². The van der Waals surface area contributed by atoms with Crippen LogP contribution in [0.4, 0.5) is 0 Å². The van der Waals surface area contributed by atoms with Crippen LogP contribution < -0.4 is 0 Å². The Kier molecular flexibility index (Phi) is 9.59. The number of nitriles is 1. The van der Waals surface area contributed by atoms with Crippen molar-refractivity contribution in [2.45, 2.75) is 62.9 Å². The standard InChI is InChI=1S/C37H37NO5/c38-22-32-21-37(32)36(42-26-31-19-11-4-12-20-31)35(41-25-30-17-9-3-10-18-30)34(40-24-29-15-7-2-8-16-29)33(43-37)27-39-23-28-13-5-1-6-14-28/h1-20,32-36H,21,23-27H2/t32?,33-,34-,35+,36-,37?/m1/s1. The minimum Gasteiger partial charge on any atom is -0.374 e. The van der Waals surface area contributed by atoms with Crippen LogP contribution in [-0.4, -0.2) is 36.6 Å². The van der Waals surface area contributed by atoms with Gasteiger partial charge in [-0.25, -0.2) is 0 Å². The Hall–Kier alpha value is -3.83. The van der Waals surface area contributed by atoms with E-state index in [1.807, 2.05) is 121 Å². The van der Waals surface area contributed by atoms with E-state index in [0.29, 0.717) is 39.5 Å². The second-order valence-corrected chi connectivity index (χ2v) is 11.2. The van der Waals surface area contributed by atoms with E-state index in [2.05, 4.69) is 6.07 Å². The lowest BCUT2D eigenvalue weighted by molar-refractivity contribution is -0.284. The van der Waals surface area contributed by atoms with Crippen molar-refractivity contribution in [1.82, 2.24) is 0 Å². The van der Waals surface area contributed by atoms with Gasteiger partial charge in [0.1, 0.15) is 30.0 Å². The average molecular weight is 576 g/mol. The second-order valence-electron chi connectivity index (χ2n) is 11.2. The van der Waals surface area contributed by atoms with Crippen LogP contribution in [0.15, 0.2) is 121 Å². The second kappa shape index (κ2) is 14.1. The maximum absolute atomic E-state index is 10.1. The first-order chi connectivity index (χ1) is 21.2. The summed E-state index contributed by atoms with van der Waals surface area (Å²) in [5, 5.41) is 10.1. The molecule has 6 heteroatoms. The average Bonchev–Trinajstić information content (AvgIpc) is 3.77. The summed E-state index contributed by atoms with van der Waals surface area (Å²) in [6.07, 6.45) is -1.37. The Labute approximate surface area is 253 Å². The van der Waals surface area contributed by atoms with Gasteiger partial charge in [0.15, 0.2) is 0 Å². The van der Waals surface area contributed by atoms with Gasteiger partial charge >= 0.3 is 0 Å². The highest BCUT2D eigenvalue weighted by Gasteiger charge is 2.69. The minimum atomic E-state index is -0.793. The van der Waals surface area contributed by atoms with E-state index in [1.165, 1.54) is 0 Å². The van der Waals surface area contributed by atoms with E-state index >= 15 is 0 Å². The molecule has 6 nitrogen and oxygen atoms in total. The predicted molar refractivity (Wildman–Crippen MR) is 162 cm³/mol. The third-order valence-corrected chi connectivity index (χ3v) is 8.19. The fraction of sp³-hybridized carbons (Fsp3) is 0.324. The van der Waals surface area contributed by atoms with Gasteiger partial charge in [0.05, 0.1) is 45.0 Å². The normalized spacial score (nSPS) is 26.2. The molecule has 220 valence electrons. The molecule has 0 aromatic heterocycles. The van der Waals surface area contributed by atoms with Crippen LogP contribution in [0.1, 0.15) is 28.7 Å². The molecular formula is C37H37NO5. The fourth-order valence-corrected chi connectivity index (χ4v) is 5.85. The molecule has 1 aliphatic heterocycles. The molecule has 0 radical (unpaired) electrons. The van der Waals surface area contributed by atoms with Crippen molar-refractivity contribution in [3.63, 3.8) is 0 Å². The molecule has 2 fully saturated rings. The van der Waals surface area contributed by atoms with Crippen molar-refractivity contribution in [2.75, 3.05) is 6.61 Å². The Balaban J connectivity index is 1.29. The van der Waals surface area contributed by atoms with Gasteiger partial charge in [-0.3, -0.25) is 0 Å². The van der Waals surface area contributed by atoms with Crippen LogP contribution in [0.3, 0.4) is 0 Å². The molecule has 0 N–H and O–H groups in total. The molecule has 1 aliphatic carbocycles. The SMILES string of the molecule is N#CC1CC12O[C@H](COCc1ccccc1)[C@@H](OCc1ccccc1)[C@H](OCc1ccccc1)[C@H]2OCc1ccccc1. The van der Waals surface area contributed by atoms with E-state index in [9.17, 15) is 5.26 Å². The summed E-state index contributed by atoms with van der Waals surface area (Å²) in [5.41, 5.74) is 3.44. The van der Waals surface area contributed by atoms with E-state index in [-0.39, 0.29) is 5.92 Å². The predicted octanol–water partition coefficient (Wildman–Crippen LogP) is 6.64. The van der Waals surface area contributed by atoms with Crippen LogP contribution in [0.5, 0.6) is 0 Å². The molecule has 2 aliphatic rings. The van der Waals surface area contributed by atoms with Gasteiger partial charge in [0, 0.05) is 0 Å². The number of benzene rings is 4.